The lowest BCUT2D eigenvalue weighted by molar-refractivity contribution is -0.162. The van der Waals surface area contributed by atoms with Crippen LogP contribution in [0.1, 0.15) is 99.5 Å². The van der Waals surface area contributed by atoms with Crippen LogP contribution in [0.25, 0.3) is 0 Å². The molecule has 1 aromatic carbocycles. The molecule has 0 aliphatic carbocycles. The molecule has 3 N–H and O–H groups in total. The molecule has 61 heavy (non-hydrogen) atoms. The molecule has 0 radical (unpaired) electrons. The van der Waals surface area contributed by atoms with Crippen LogP contribution >= 0.6 is 0 Å². The predicted octanol–water partition coefficient (Wildman–Crippen LogP) is 3.42. The van der Waals surface area contributed by atoms with Gasteiger partial charge in [0.1, 0.15) is 30.3 Å². The van der Waals surface area contributed by atoms with Crippen molar-refractivity contribution in [2.45, 2.75) is 143 Å². The van der Waals surface area contributed by atoms with E-state index in [2.05, 4.69) is 16.6 Å². The number of cyclic esters (lactones) is 2. The van der Waals surface area contributed by atoms with Gasteiger partial charge >= 0.3 is 11.9 Å². The van der Waals surface area contributed by atoms with Gasteiger partial charge in [-0.2, -0.15) is 0 Å². The third kappa shape index (κ3) is 15.6. The third-order valence-corrected chi connectivity index (χ3v) is 11.4. The van der Waals surface area contributed by atoms with Gasteiger partial charge in [-0.15, -0.1) is 12.3 Å². The summed E-state index contributed by atoms with van der Waals surface area (Å²) in [5.74, 6) is -3.25. The number of hydrogen-bond donors (Lipinski definition) is 3. The van der Waals surface area contributed by atoms with Crippen molar-refractivity contribution in [3.05, 3.63) is 47.5 Å². The largest absolute Gasteiger partial charge is 0.460 e. The summed E-state index contributed by atoms with van der Waals surface area (Å²) in [5.41, 5.74) is 0.847. The van der Waals surface area contributed by atoms with Gasteiger partial charge in [0.25, 0.3) is 5.91 Å². The van der Waals surface area contributed by atoms with Gasteiger partial charge in [0.15, 0.2) is 6.10 Å². The molecule has 0 unspecified atom stereocenters. The van der Waals surface area contributed by atoms with Crippen molar-refractivity contribution in [2.24, 2.45) is 17.8 Å². The van der Waals surface area contributed by atoms with E-state index < -0.39 is 96.4 Å². The number of hydrogen-bond acceptors (Lipinski definition) is 10. The summed E-state index contributed by atoms with van der Waals surface area (Å²) in [6, 6.07) is 4.55. The number of likely N-dealkylation sites (N-methyl/N-ethyl adjacent to an activating group) is 3. The quantitative estimate of drug-likeness (QED) is 0.169. The maximum Gasteiger partial charge on any atom is 0.334 e. The highest BCUT2D eigenvalue weighted by atomic mass is 16.6. The Balaban J connectivity index is 2.67. The Bertz CT molecular complexity index is 1740. The monoisotopic (exact) mass is 852 g/mol. The van der Waals surface area contributed by atoms with Crippen molar-refractivity contribution in [3.63, 3.8) is 0 Å². The Morgan fingerprint density at radius 2 is 1.54 bits per heavy atom. The highest BCUT2D eigenvalue weighted by molar-refractivity contribution is 5.96. The summed E-state index contributed by atoms with van der Waals surface area (Å²) in [5, 5.41) is 16.5. The number of benzene rings is 1. The van der Waals surface area contributed by atoms with E-state index >= 15 is 0 Å². The first kappa shape index (κ1) is 51.9. The molecule has 0 spiro atoms. The van der Waals surface area contributed by atoms with Crippen molar-refractivity contribution < 1.29 is 48.1 Å². The molecule has 15 heteroatoms. The average molecular weight is 852 g/mol. The lowest BCUT2D eigenvalue weighted by Gasteiger charge is -2.34. The zero-order valence-corrected chi connectivity index (χ0v) is 37.9. The maximum absolute atomic E-state index is 14.2. The first-order valence-corrected chi connectivity index (χ1v) is 21.3. The second-order valence-corrected chi connectivity index (χ2v) is 16.8. The number of unbranched alkanes of at least 4 members (excludes halogenated alkanes) is 1. The maximum atomic E-state index is 14.2. The van der Waals surface area contributed by atoms with Gasteiger partial charge in [-0.1, -0.05) is 77.4 Å². The van der Waals surface area contributed by atoms with E-state index in [1.807, 2.05) is 26.8 Å². The smallest absolute Gasteiger partial charge is 0.334 e. The van der Waals surface area contributed by atoms with Crippen LogP contribution in [-0.2, 0) is 49.5 Å². The number of carbonyl (C=O) groups excluding carboxylic acids is 7. The number of aliphatic hydroxyl groups excluding tert-OH is 1. The molecular weight excluding hydrogens is 783 g/mol. The molecule has 0 bridgehead atoms. The molecular formula is C46H69N5O10. The molecule has 15 nitrogen and oxygen atoms in total. The SMILES string of the molecule is C#CCCC[C@@H](O)[C@@H](C)[C@@H]1C/C=C(\C)C(=O)O[C@H](CC(C)C)C(=O)N[C@@H](C)C(=O)N(C)[C@H](Cc2ccccc2)C(=O)N(C)CC(=O)N[C@H]([C@H](C)CC)C(=O)N(C)[C@@H](C)C(=O)O1. The van der Waals surface area contributed by atoms with Gasteiger partial charge in [-0.3, -0.25) is 24.0 Å². The van der Waals surface area contributed by atoms with Crippen LogP contribution in [-0.4, -0.2) is 131 Å². The average Bonchev–Trinajstić information content (AvgIpc) is 3.23. The van der Waals surface area contributed by atoms with Crippen LogP contribution in [0.3, 0.4) is 0 Å². The second-order valence-electron chi connectivity index (χ2n) is 16.8. The normalized spacial score (nSPS) is 26.2. The van der Waals surface area contributed by atoms with Crippen molar-refractivity contribution in [2.75, 3.05) is 27.7 Å². The number of ether oxygens (including phenoxy) is 2. The minimum atomic E-state index is -1.29. The minimum Gasteiger partial charge on any atom is -0.460 e. The molecule has 5 amide bonds. The molecule has 1 aliphatic rings. The van der Waals surface area contributed by atoms with Crippen LogP contribution < -0.4 is 10.6 Å². The fourth-order valence-corrected chi connectivity index (χ4v) is 6.85. The number of rotatable bonds is 11. The fourth-order valence-electron chi connectivity index (χ4n) is 6.85. The molecule has 1 aromatic rings. The Kier molecular flexibility index (Phi) is 21.2. The van der Waals surface area contributed by atoms with E-state index in [9.17, 15) is 38.7 Å². The van der Waals surface area contributed by atoms with Crippen molar-refractivity contribution in [1.82, 2.24) is 25.3 Å². The topological polar surface area (TPSA) is 192 Å². The van der Waals surface area contributed by atoms with E-state index in [1.165, 1.54) is 62.7 Å². The fraction of sp³-hybridized carbons (Fsp3) is 0.630. The molecule has 2 rings (SSSR count). The van der Waals surface area contributed by atoms with Crippen molar-refractivity contribution in [1.29, 1.82) is 0 Å². The summed E-state index contributed by atoms with van der Waals surface area (Å²) in [4.78, 5) is 100. The Morgan fingerprint density at radius 3 is 2.13 bits per heavy atom. The number of terminal acetylenes is 1. The number of amides is 5. The van der Waals surface area contributed by atoms with Crippen LogP contribution in [0.2, 0.25) is 0 Å². The number of esters is 2. The van der Waals surface area contributed by atoms with E-state index in [0.717, 1.165) is 5.56 Å². The van der Waals surface area contributed by atoms with E-state index in [0.29, 0.717) is 25.7 Å². The first-order valence-electron chi connectivity index (χ1n) is 21.3. The number of nitrogens with one attached hydrogen (secondary N) is 2. The third-order valence-electron chi connectivity index (χ3n) is 11.4. The summed E-state index contributed by atoms with van der Waals surface area (Å²) < 4.78 is 11.7. The molecule has 0 saturated carbocycles. The molecule has 0 fully saturated rings. The summed E-state index contributed by atoms with van der Waals surface area (Å²) in [7, 11) is 4.29. The number of carbonyl (C=O) groups is 7. The van der Waals surface area contributed by atoms with Crippen molar-refractivity contribution >= 4 is 41.5 Å². The van der Waals surface area contributed by atoms with Gasteiger partial charge in [0.2, 0.25) is 23.6 Å². The number of aliphatic hydroxyl groups is 1. The lowest BCUT2D eigenvalue weighted by Crippen LogP contribution is -2.58. The van der Waals surface area contributed by atoms with E-state index in [1.54, 1.807) is 38.1 Å². The highest BCUT2D eigenvalue weighted by Gasteiger charge is 2.38. The van der Waals surface area contributed by atoms with Gasteiger partial charge in [-0.05, 0) is 57.4 Å². The summed E-state index contributed by atoms with van der Waals surface area (Å²) in [6.07, 6.45) is 5.71. The van der Waals surface area contributed by atoms with E-state index in [-0.39, 0.29) is 36.7 Å². The van der Waals surface area contributed by atoms with Crippen LogP contribution in [0, 0.1) is 30.1 Å². The van der Waals surface area contributed by atoms with Gasteiger partial charge in [0.05, 0.1) is 12.6 Å². The molecule has 1 aliphatic heterocycles. The molecule has 9 atom stereocenters. The van der Waals surface area contributed by atoms with Crippen LogP contribution in [0.15, 0.2) is 42.0 Å². The molecule has 338 valence electrons. The predicted molar refractivity (Wildman–Crippen MR) is 231 cm³/mol. The summed E-state index contributed by atoms with van der Waals surface area (Å²) in [6.45, 7) is 13.0. The molecule has 0 saturated heterocycles. The molecule has 0 aromatic heterocycles. The Hall–Kier alpha value is -5.23. The molecule has 1 heterocycles. The zero-order valence-electron chi connectivity index (χ0n) is 37.9. The lowest BCUT2D eigenvalue weighted by atomic mass is 9.91. The van der Waals surface area contributed by atoms with Gasteiger partial charge in [0, 0.05) is 51.9 Å². The van der Waals surface area contributed by atoms with Crippen LogP contribution in [0.4, 0.5) is 0 Å². The minimum absolute atomic E-state index is 0.0225. The van der Waals surface area contributed by atoms with Gasteiger partial charge < -0.3 is 39.9 Å². The first-order chi connectivity index (χ1) is 28.6. The highest BCUT2D eigenvalue weighted by Crippen LogP contribution is 2.23. The van der Waals surface area contributed by atoms with Crippen molar-refractivity contribution in [3.8, 4) is 12.3 Å². The Morgan fingerprint density at radius 1 is 0.902 bits per heavy atom. The Labute approximate surface area is 362 Å². The van der Waals surface area contributed by atoms with Crippen LogP contribution in [0.5, 0.6) is 0 Å². The number of nitrogens with zero attached hydrogens (tertiary/aromatic N) is 3. The van der Waals surface area contributed by atoms with E-state index in [4.69, 9.17) is 15.9 Å². The summed E-state index contributed by atoms with van der Waals surface area (Å²) >= 11 is 0. The second kappa shape index (κ2) is 24.9. The van der Waals surface area contributed by atoms with Gasteiger partial charge in [-0.25, -0.2) is 9.59 Å². The zero-order chi connectivity index (χ0) is 46.1. The standard InChI is InChI=1S/C46H69N5O10/c1-13-15-17-22-36(52)31(7)37-24-23-30(6)45(58)61-38(25-28(3)4)41(54)47-32(8)42(55)51(12)35(26-34-20-18-16-19-21-34)43(56)49(10)27-39(53)48-40(29(5)14-2)44(57)50(11)33(9)46(59)60-37/h1,16,18-21,23,28-29,31-33,35-38,40,52H,14-15,17,22,24-27H2,2-12H3,(H,47,54)(H,48,53)/b30-23+/t29-,31-,32+,33+,35-,36-,37+,38-,40-/m1/s1.